The molecule has 0 radical (unpaired) electrons. The molecule has 0 atom stereocenters. The minimum absolute atomic E-state index is 0.305. The van der Waals surface area contributed by atoms with Crippen molar-refractivity contribution < 1.29 is 9.53 Å². The lowest BCUT2D eigenvalue weighted by Crippen LogP contribution is -2.12. The van der Waals surface area contributed by atoms with Gasteiger partial charge in [0.2, 0.25) is 0 Å². The number of ether oxygens (including phenoxy) is 1. The molecule has 0 bridgehead atoms. The van der Waals surface area contributed by atoms with Crippen LogP contribution in [-0.4, -0.2) is 10.9 Å². The number of anilines is 1. The largest absolute Gasteiger partial charge is 0.487 e. The van der Waals surface area contributed by atoms with Crippen molar-refractivity contribution in [1.82, 2.24) is 4.98 Å². The van der Waals surface area contributed by atoms with Gasteiger partial charge in [-0.05, 0) is 37.3 Å². The molecule has 4 nitrogen and oxygen atoms in total. The molecule has 0 unspecified atom stereocenters. The number of aryl methyl sites for hydroxylation is 1. The van der Waals surface area contributed by atoms with Crippen molar-refractivity contribution in [3.63, 3.8) is 0 Å². The first-order valence-corrected chi connectivity index (χ1v) is 9.53. The van der Waals surface area contributed by atoms with Gasteiger partial charge in [-0.2, -0.15) is 0 Å². The van der Waals surface area contributed by atoms with Gasteiger partial charge in [0.15, 0.2) is 0 Å². The van der Waals surface area contributed by atoms with E-state index in [2.05, 4.69) is 10.3 Å². The van der Waals surface area contributed by atoms with Crippen molar-refractivity contribution in [2.75, 3.05) is 5.32 Å². The molecule has 0 spiro atoms. The van der Waals surface area contributed by atoms with E-state index in [4.69, 9.17) is 39.5 Å². The number of hydrogen-bond acceptors (Lipinski definition) is 4. The highest BCUT2D eigenvalue weighted by Crippen LogP contribution is 2.32. The van der Waals surface area contributed by atoms with Crippen LogP contribution in [0.15, 0.2) is 41.8 Å². The summed E-state index contributed by atoms with van der Waals surface area (Å²) in [5.74, 6) is 0.240. The second kappa shape index (κ2) is 8.27. The lowest BCUT2D eigenvalue weighted by Gasteiger charge is -2.10. The molecule has 3 rings (SSSR count). The topological polar surface area (TPSA) is 51.2 Å². The van der Waals surface area contributed by atoms with Crippen LogP contribution in [0.4, 0.5) is 5.69 Å². The maximum atomic E-state index is 12.5. The molecule has 8 heteroatoms. The number of carbonyl (C=O) groups excluding carboxylic acids is 1. The van der Waals surface area contributed by atoms with E-state index in [-0.39, 0.29) is 5.91 Å². The maximum Gasteiger partial charge on any atom is 0.255 e. The van der Waals surface area contributed by atoms with Gasteiger partial charge in [0, 0.05) is 10.9 Å². The minimum Gasteiger partial charge on any atom is -0.487 e. The summed E-state index contributed by atoms with van der Waals surface area (Å²) >= 11 is 19.5. The SMILES string of the molecule is Cc1nc(COc2cccc(C(=O)Nc3cc(Cl)c(Cl)cc3Cl)c2)cs1. The van der Waals surface area contributed by atoms with Gasteiger partial charge in [0.25, 0.3) is 5.91 Å². The highest BCUT2D eigenvalue weighted by atomic mass is 35.5. The number of hydrogen-bond donors (Lipinski definition) is 1. The van der Waals surface area contributed by atoms with Crippen molar-refractivity contribution in [3.8, 4) is 5.75 Å². The molecule has 3 aromatic rings. The van der Waals surface area contributed by atoms with Crippen LogP contribution >= 0.6 is 46.1 Å². The molecule has 1 heterocycles. The molecule has 0 saturated heterocycles. The zero-order valence-electron chi connectivity index (χ0n) is 13.6. The van der Waals surface area contributed by atoms with Gasteiger partial charge < -0.3 is 10.1 Å². The third-order valence-corrected chi connectivity index (χ3v) is 5.26. The van der Waals surface area contributed by atoms with Crippen molar-refractivity contribution >= 4 is 57.7 Å². The van der Waals surface area contributed by atoms with Crippen LogP contribution in [-0.2, 0) is 6.61 Å². The Morgan fingerprint density at radius 1 is 1.15 bits per heavy atom. The van der Waals surface area contributed by atoms with Crippen molar-refractivity contribution in [2.24, 2.45) is 0 Å². The van der Waals surface area contributed by atoms with Crippen LogP contribution in [0.2, 0.25) is 15.1 Å². The zero-order chi connectivity index (χ0) is 18.7. The van der Waals surface area contributed by atoms with Gasteiger partial charge in [-0.1, -0.05) is 40.9 Å². The van der Waals surface area contributed by atoms with E-state index in [0.29, 0.717) is 38.7 Å². The molecule has 1 amide bonds. The summed E-state index contributed by atoms with van der Waals surface area (Å²) < 4.78 is 5.70. The van der Waals surface area contributed by atoms with Crippen LogP contribution in [0.1, 0.15) is 21.1 Å². The Balaban J connectivity index is 1.71. The van der Waals surface area contributed by atoms with E-state index < -0.39 is 0 Å². The molecule has 0 aliphatic heterocycles. The van der Waals surface area contributed by atoms with Crippen LogP contribution in [0.3, 0.4) is 0 Å². The smallest absolute Gasteiger partial charge is 0.255 e. The number of carbonyl (C=O) groups is 1. The van der Waals surface area contributed by atoms with Crippen LogP contribution in [0, 0.1) is 6.92 Å². The molecular formula is C18H13Cl3N2O2S. The van der Waals surface area contributed by atoms with Gasteiger partial charge in [0.1, 0.15) is 12.4 Å². The average Bonchev–Trinajstić information content (AvgIpc) is 3.03. The fourth-order valence-electron chi connectivity index (χ4n) is 2.17. The van der Waals surface area contributed by atoms with E-state index in [1.807, 2.05) is 12.3 Å². The molecule has 1 aromatic heterocycles. The summed E-state index contributed by atoms with van der Waals surface area (Å²) in [6.07, 6.45) is 0. The predicted octanol–water partition coefficient (Wildman–Crippen LogP) is 6.24. The van der Waals surface area contributed by atoms with Crippen molar-refractivity contribution in [2.45, 2.75) is 13.5 Å². The Hall–Kier alpha value is -1.79. The van der Waals surface area contributed by atoms with Crippen LogP contribution in [0.5, 0.6) is 5.75 Å². The maximum absolute atomic E-state index is 12.5. The third-order valence-electron chi connectivity index (χ3n) is 3.41. The Kier molecular flexibility index (Phi) is 6.04. The van der Waals surface area contributed by atoms with E-state index in [0.717, 1.165) is 10.7 Å². The van der Waals surface area contributed by atoms with Crippen molar-refractivity contribution in [3.05, 3.63) is 73.1 Å². The number of nitrogens with one attached hydrogen (secondary N) is 1. The monoisotopic (exact) mass is 426 g/mol. The average molecular weight is 428 g/mol. The molecule has 2 aromatic carbocycles. The molecule has 0 aliphatic rings. The standard InChI is InChI=1S/C18H13Cl3N2O2S/c1-10-22-12(9-26-10)8-25-13-4-2-3-11(5-13)18(24)23-17-7-15(20)14(19)6-16(17)21/h2-7,9H,8H2,1H3,(H,23,24). The van der Waals surface area contributed by atoms with E-state index in [1.54, 1.807) is 35.6 Å². The van der Waals surface area contributed by atoms with Gasteiger partial charge in [-0.3, -0.25) is 4.79 Å². The number of rotatable bonds is 5. The van der Waals surface area contributed by atoms with Gasteiger partial charge in [0.05, 0.1) is 31.5 Å². The molecule has 0 fully saturated rings. The van der Waals surface area contributed by atoms with E-state index >= 15 is 0 Å². The van der Waals surface area contributed by atoms with Gasteiger partial charge in [-0.25, -0.2) is 4.98 Å². The highest BCUT2D eigenvalue weighted by Gasteiger charge is 2.12. The van der Waals surface area contributed by atoms with E-state index in [1.165, 1.54) is 12.1 Å². The molecule has 26 heavy (non-hydrogen) atoms. The summed E-state index contributed by atoms with van der Waals surface area (Å²) in [5.41, 5.74) is 1.67. The van der Waals surface area contributed by atoms with Gasteiger partial charge >= 0.3 is 0 Å². The third kappa shape index (κ3) is 4.68. The Labute approximate surface area is 169 Å². The Morgan fingerprint density at radius 2 is 1.92 bits per heavy atom. The number of amides is 1. The first-order valence-electron chi connectivity index (χ1n) is 7.52. The Morgan fingerprint density at radius 3 is 2.65 bits per heavy atom. The van der Waals surface area contributed by atoms with Crippen LogP contribution < -0.4 is 10.1 Å². The fraction of sp³-hybridized carbons (Fsp3) is 0.111. The molecule has 134 valence electrons. The summed E-state index contributed by atoms with van der Waals surface area (Å²) in [5, 5.41) is 6.58. The predicted molar refractivity (Wildman–Crippen MR) is 107 cm³/mol. The lowest BCUT2D eigenvalue weighted by atomic mass is 10.2. The van der Waals surface area contributed by atoms with Gasteiger partial charge in [-0.15, -0.1) is 11.3 Å². The first-order chi connectivity index (χ1) is 12.4. The molecule has 1 N–H and O–H groups in total. The number of benzene rings is 2. The number of nitrogens with zero attached hydrogens (tertiary/aromatic N) is 1. The summed E-state index contributed by atoms with van der Waals surface area (Å²) in [6, 6.07) is 9.85. The van der Waals surface area contributed by atoms with Crippen molar-refractivity contribution in [1.29, 1.82) is 0 Å². The fourth-order valence-corrected chi connectivity index (χ4v) is 3.36. The number of thiazole rings is 1. The normalized spacial score (nSPS) is 10.6. The minimum atomic E-state index is -0.333. The second-order valence-corrected chi connectivity index (χ2v) is 7.66. The van der Waals surface area contributed by atoms with E-state index in [9.17, 15) is 4.79 Å². The lowest BCUT2D eigenvalue weighted by molar-refractivity contribution is 0.102. The zero-order valence-corrected chi connectivity index (χ0v) is 16.6. The quantitative estimate of drug-likeness (QED) is 0.490. The summed E-state index contributed by atoms with van der Waals surface area (Å²) in [4.78, 5) is 16.8. The Bertz CT molecular complexity index is 959. The number of aromatic nitrogens is 1. The highest BCUT2D eigenvalue weighted by molar-refractivity contribution is 7.09. The molecule has 0 saturated carbocycles. The number of halogens is 3. The summed E-state index contributed by atoms with van der Waals surface area (Å²) in [7, 11) is 0. The second-order valence-electron chi connectivity index (χ2n) is 5.37. The molecule has 0 aliphatic carbocycles. The summed E-state index contributed by atoms with van der Waals surface area (Å²) in [6.45, 7) is 2.28. The molecular weight excluding hydrogens is 415 g/mol. The first kappa shape index (κ1) is 19.0. The van der Waals surface area contributed by atoms with Crippen LogP contribution in [0.25, 0.3) is 0 Å².